The first kappa shape index (κ1) is 19.4. The van der Waals surface area contributed by atoms with Gasteiger partial charge in [0, 0.05) is 5.56 Å². The molecule has 0 aromatic heterocycles. The molecule has 0 aliphatic heterocycles. The highest BCUT2D eigenvalue weighted by atomic mass is 16.2. The average Bonchev–Trinajstić information content (AvgIpc) is 2.70. The first-order chi connectivity index (χ1) is 13.5. The molecule has 1 atom stereocenters. The van der Waals surface area contributed by atoms with E-state index >= 15 is 0 Å². The Morgan fingerprint density at radius 3 is 2.21 bits per heavy atom. The van der Waals surface area contributed by atoms with Gasteiger partial charge in [0.2, 0.25) is 0 Å². The maximum atomic E-state index is 12.8. The van der Waals surface area contributed by atoms with Crippen molar-refractivity contribution in [2.24, 2.45) is 0 Å². The molecule has 2 amide bonds. The van der Waals surface area contributed by atoms with Gasteiger partial charge in [-0.15, -0.1) is 0 Å². The fraction of sp³-hybridized carbons (Fsp3) is 0.167. The number of benzene rings is 3. The zero-order valence-corrected chi connectivity index (χ0v) is 16.3. The Bertz CT molecular complexity index is 996. The highest BCUT2D eigenvalue weighted by Gasteiger charge is 2.17. The molecule has 0 radical (unpaired) electrons. The molecule has 0 heterocycles. The second kappa shape index (κ2) is 8.53. The summed E-state index contributed by atoms with van der Waals surface area (Å²) in [6.45, 7) is 5.78. The van der Waals surface area contributed by atoms with Crippen LogP contribution < -0.4 is 10.6 Å². The van der Waals surface area contributed by atoms with E-state index in [0.717, 1.165) is 16.7 Å². The van der Waals surface area contributed by atoms with E-state index in [2.05, 4.69) is 10.6 Å². The maximum absolute atomic E-state index is 12.8. The van der Waals surface area contributed by atoms with E-state index in [1.165, 1.54) is 0 Å². The van der Waals surface area contributed by atoms with Crippen molar-refractivity contribution in [2.75, 3.05) is 5.32 Å². The summed E-state index contributed by atoms with van der Waals surface area (Å²) < 4.78 is 0. The van der Waals surface area contributed by atoms with Crippen LogP contribution >= 0.6 is 0 Å². The summed E-state index contributed by atoms with van der Waals surface area (Å²) in [5, 5.41) is 5.89. The van der Waals surface area contributed by atoms with Crippen LogP contribution in [-0.2, 0) is 0 Å². The number of nitrogens with one attached hydrogen (secondary N) is 2. The highest BCUT2D eigenvalue weighted by Crippen LogP contribution is 2.20. The van der Waals surface area contributed by atoms with E-state index in [1.54, 1.807) is 24.3 Å². The van der Waals surface area contributed by atoms with Crippen LogP contribution in [0.4, 0.5) is 5.69 Å². The van der Waals surface area contributed by atoms with Crippen molar-refractivity contribution < 1.29 is 9.59 Å². The Hall–Kier alpha value is -3.40. The molecule has 142 valence electrons. The van der Waals surface area contributed by atoms with Crippen molar-refractivity contribution in [2.45, 2.75) is 26.8 Å². The van der Waals surface area contributed by atoms with Gasteiger partial charge in [-0.1, -0.05) is 60.2 Å². The zero-order valence-electron chi connectivity index (χ0n) is 16.3. The Morgan fingerprint density at radius 2 is 1.46 bits per heavy atom. The van der Waals surface area contributed by atoms with Gasteiger partial charge in [0.05, 0.1) is 17.3 Å². The Morgan fingerprint density at radius 1 is 0.786 bits per heavy atom. The normalized spacial score (nSPS) is 11.5. The fourth-order valence-electron chi connectivity index (χ4n) is 3.06. The van der Waals surface area contributed by atoms with Crippen molar-refractivity contribution >= 4 is 17.5 Å². The second-order valence-electron chi connectivity index (χ2n) is 6.92. The van der Waals surface area contributed by atoms with Gasteiger partial charge in [-0.05, 0) is 50.1 Å². The summed E-state index contributed by atoms with van der Waals surface area (Å²) in [5.74, 6) is -0.453. The first-order valence-corrected chi connectivity index (χ1v) is 9.29. The SMILES string of the molecule is Cc1ccc(C)c(C(=O)Nc2ccccc2C(=O)N[C@@H](C)c2ccccc2)c1. The van der Waals surface area contributed by atoms with Gasteiger partial charge < -0.3 is 10.6 Å². The summed E-state index contributed by atoms with van der Waals surface area (Å²) in [7, 11) is 0. The predicted molar refractivity (Wildman–Crippen MR) is 113 cm³/mol. The lowest BCUT2D eigenvalue weighted by Gasteiger charge is -2.17. The summed E-state index contributed by atoms with van der Waals surface area (Å²) in [4.78, 5) is 25.6. The zero-order chi connectivity index (χ0) is 20.1. The molecule has 0 saturated carbocycles. The number of carbonyl (C=O) groups is 2. The summed E-state index contributed by atoms with van der Waals surface area (Å²) in [6, 6.07) is 22.4. The first-order valence-electron chi connectivity index (χ1n) is 9.29. The van der Waals surface area contributed by atoms with Crippen molar-refractivity contribution in [3.05, 3.63) is 101 Å². The van der Waals surface area contributed by atoms with E-state index in [0.29, 0.717) is 16.8 Å². The van der Waals surface area contributed by atoms with Crippen LogP contribution in [0.25, 0.3) is 0 Å². The number of para-hydroxylation sites is 1. The van der Waals surface area contributed by atoms with E-state index in [9.17, 15) is 9.59 Å². The number of rotatable bonds is 5. The molecule has 28 heavy (non-hydrogen) atoms. The number of aryl methyl sites for hydroxylation is 2. The minimum absolute atomic E-state index is 0.142. The molecule has 0 aliphatic rings. The average molecular weight is 372 g/mol. The van der Waals surface area contributed by atoms with E-state index in [-0.39, 0.29) is 17.9 Å². The monoisotopic (exact) mass is 372 g/mol. The molecular weight excluding hydrogens is 348 g/mol. The van der Waals surface area contributed by atoms with Crippen molar-refractivity contribution in [1.29, 1.82) is 0 Å². The number of hydrogen-bond donors (Lipinski definition) is 2. The van der Waals surface area contributed by atoms with Gasteiger partial charge in [-0.2, -0.15) is 0 Å². The third kappa shape index (κ3) is 4.46. The highest BCUT2D eigenvalue weighted by molar-refractivity contribution is 6.09. The second-order valence-corrected chi connectivity index (χ2v) is 6.92. The van der Waals surface area contributed by atoms with Gasteiger partial charge in [-0.3, -0.25) is 9.59 Å². The standard InChI is InChI=1S/C24H24N2O2/c1-16-13-14-17(2)21(15-16)24(28)26-22-12-8-7-11-20(22)23(27)25-18(3)19-9-5-4-6-10-19/h4-15,18H,1-3H3,(H,25,27)(H,26,28)/t18-/m0/s1. The summed E-state index contributed by atoms with van der Waals surface area (Å²) in [6.07, 6.45) is 0. The fourth-order valence-corrected chi connectivity index (χ4v) is 3.06. The summed E-state index contributed by atoms with van der Waals surface area (Å²) >= 11 is 0. The molecule has 4 heteroatoms. The molecule has 2 N–H and O–H groups in total. The number of anilines is 1. The predicted octanol–water partition coefficient (Wildman–Crippen LogP) is 5.05. The Balaban J connectivity index is 1.80. The molecule has 0 aliphatic carbocycles. The van der Waals surface area contributed by atoms with Crippen LogP contribution in [0, 0.1) is 13.8 Å². The van der Waals surface area contributed by atoms with Crippen LogP contribution in [0.3, 0.4) is 0 Å². The Labute approximate surface area is 165 Å². The molecule has 3 aromatic carbocycles. The molecule has 0 saturated heterocycles. The van der Waals surface area contributed by atoms with E-state index < -0.39 is 0 Å². The molecule has 0 bridgehead atoms. The largest absolute Gasteiger partial charge is 0.345 e. The van der Waals surface area contributed by atoms with E-state index in [1.807, 2.05) is 69.3 Å². The quantitative estimate of drug-likeness (QED) is 0.659. The van der Waals surface area contributed by atoms with Gasteiger partial charge in [0.1, 0.15) is 0 Å². The molecule has 0 fully saturated rings. The molecular formula is C24H24N2O2. The van der Waals surface area contributed by atoms with Gasteiger partial charge in [-0.25, -0.2) is 0 Å². The third-order valence-electron chi connectivity index (χ3n) is 4.70. The molecule has 3 rings (SSSR count). The minimum Gasteiger partial charge on any atom is -0.345 e. The lowest BCUT2D eigenvalue weighted by atomic mass is 10.0. The number of amides is 2. The lowest BCUT2D eigenvalue weighted by Crippen LogP contribution is -2.28. The van der Waals surface area contributed by atoms with Gasteiger partial charge >= 0.3 is 0 Å². The number of hydrogen-bond acceptors (Lipinski definition) is 2. The van der Waals surface area contributed by atoms with Gasteiger partial charge in [0.15, 0.2) is 0 Å². The lowest BCUT2D eigenvalue weighted by molar-refractivity contribution is 0.0941. The Kier molecular flexibility index (Phi) is 5.90. The molecule has 0 spiro atoms. The molecule has 4 nitrogen and oxygen atoms in total. The topological polar surface area (TPSA) is 58.2 Å². The molecule has 3 aromatic rings. The van der Waals surface area contributed by atoms with E-state index in [4.69, 9.17) is 0 Å². The van der Waals surface area contributed by atoms with Gasteiger partial charge in [0.25, 0.3) is 11.8 Å². The van der Waals surface area contributed by atoms with Crippen LogP contribution in [-0.4, -0.2) is 11.8 Å². The smallest absolute Gasteiger partial charge is 0.255 e. The molecule has 0 unspecified atom stereocenters. The van der Waals surface area contributed by atoms with Crippen LogP contribution in [0.5, 0.6) is 0 Å². The minimum atomic E-state index is -0.229. The van der Waals surface area contributed by atoms with Crippen molar-refractivity contribution in [3.63, 3.8) is 0 Å². The third-order valence-corrected chi connectivity index (χ3v) is 4.70. The van der Waals surface area contributed by atoms with Crippen molar-refractivity contribution in [1.82, 2.24) is 5.32 Å². The van der Waals surface area contributed by atoms with Crippen molar-refractivity contribution in [3.8, 4) is 0 Å². The van der Waals surface area contributed by atoms with Crippen LogP contribution in [0.1, 0.15) is 50.4 Å². The maximum Gasteiger partial charge on any atom is 0.255 e. The van der Waals surface area contributed by atoms with Crippen LogP contribution in [0.15, 0.2) is 72.8 Å². The summed E-state index contributed by atoms with van der Waals surface area (Å²) in [5.41, 5.74) is 4.46. The van der Waals surface area contributed by atoms with Crippen LogP contribution in [0.2, 0.25) is 0 Å². The number of carbonyl (C=O) groups excluding carboxylic acids is 2.